The summed E-state index contributed by atoms with van der Waals surface area (Å²) in [6, 6.07) is 21.2. The third-order valence-electron chi connectivity index (χ3n) is 4.70. The van der Waals surface area contributed by atoms with Gasteiger partial charge in [-0.25, -0.2) is 0 Å². The zero-order valence-electron chi connectivity index (χ0n) is 14.0. The first kappa shape index (κ1) is 16.2. The first-order chi connectivity index (χ1) is 11.0. The van der Waals surface area contributed by atoms with Crippen LogP contribution in [0.2, 0.25) is 5.04 Å². The highest BCUT2D eigenvalue weighted by Crippen LogP contribution is 2.42. The van der Waals surface area contributed by atoms with Gasteiger partial charge in [0.1, 0.15) is 6.29 Å². The molecule has 2 nitrogen and oxygen atoms in total. The second-order valence-corrected chi connectivity index (χ2v) is 11.6. The Labute approximate surface area is 139 Å². The van der Waals surface area contributed by atoms with E-state index in [9.17, 15) is 4.79 Å². The molecule has 1 fully saturated rings. The molecule has 0 unspecified atom stereocenters. The van der Waals surface area contributed by atoms with Crippen LogP contribution in [0.1, 0.15) is 27.2 Å². The van der Waals surface area contributed by atoms with Crippen LogP contribution in [0.15, 0.2) is 60.7 Å². The van der Waals surface area contributed by atoms with E-state index in [4.69, 9.17) is 4.43 Å². The van der Waals surface area contributed by atoms with Gasteiger partial charge in [-0.2, -0.15) is 0 Å². The maximum absolute atomic E-state index is 11.1. The van der Waals surface area contributed by atoms with Crippen molar-refractivity contribution in [2.24, 2.45) is 5.92 Å². The van der Waals surface area contributed by atoms with Crippen LogP contribution in [-0.2, 0) is 9.22 Å². The van der Waals surface area contributed by atoms with Gasteiger partial charge in [-0.05, 0) is 21.8 Å². The van der Waals surface area contributed by atoms with E-state index in [-0.39, 0.29) is 17.1 Å². The molecule has 23 heavy (non-hydrogen) atoms. The molecule has 2 aromatic rings. The number of carbonyl (C=O) groups excluding carboxylic acids is 1. The largest absolute Gasteiger partial charge is 0.404 e. The van der Waals surface area contributed by atoms with Gasteiger partial charge in [-0.3, -0.25) is 0 Å². The Balaban J connectivity index is 2.16. The van der Waals surface area contributed by atoms with Crippen molar-refractivity contribution in [1.82, 2.24) is 0 Å². The smallest absolute Gasteiger partial charge is 0.261 e. The van der Waals surface area contributed by atoms with Crippen LogP contribution in [0.5, 0.6) is 0 Å². The molecule has 0 N–H and O–H groups in total. The van der Waals surface area contributed by atoms with Gasteiger partial charge in [-0.15, -0.1) is 0 Å². The summed E-state index contributed by atoms with van der Waals surface area (Å²) < 4.78 is 6.80. The molecular formula is C20H24O2Si. The van der Waals surface area contributed by atoms with Gasteiger partial charge in [0.15, 0.2) is 0 Å². The Morgan fingerprint density at radius 1 is 0.957 bits per heavy atom. The number of aldehydes is 1. The molecule has 3 heteroatoms. The maximum atomic E-state index is 11.1. The minimum Gasteiger partial charge on any atom is -0.404 e. The Hall–Kier alpha value is -1.71. The van der Waals surface area contributed by atoms with Crippen LogP contribution < -0.4 is 10.4 Å². The molecule has 0 radical (unpaired) electrons. The summed E-state index contributed by atoms with van der Waals surface area (Å²) in [4.78, 5) is 11.1. The van der Waals surface area contributed by atoms with E-state index in [1.165, 1.54) is 10.4 Å². The summed E-state index contributed by atoms with van der Waals surface area (Å²) >= 11 is 0. The van der Waals surface area contributed by atoms with E-state index in [1.54, 1.807) is 0 Å². The molecule has 0 amide bonds. The van der Waals surface area contributed by atoms with Crippen LogP contribution >= 0.6 is 0 Å². The van der Waals surface area contributed by atoms with Gasteiger partial charge < -0.3 is 9.22 Å². The molecule has 0 aliphatic heterocycles. The highest BCUT2D eigenvalue weighted by atomic mass is 28.4. The second kappa shape index (κ2) is 6.06. The quantitative estimate of drug-likeness (QED) is 0.624. The van der Waals surface area contributed by atoms with Crippen molar-refractivity contribution < 1.29 is 9.22 Å². The predicted octanol–water partition coefficient (Wildman–Crippen LogP) is 3.15. The minimum atomic E-state index is -2.47. The van der Waals surface area contributed by atoms with Crippen molar-refractivity contribution in [2.45, 2.75) is 38.3 Å². The Morgan fingerprint density at radius 3 is 1.78 bits per heavy atom. The van der Waals surface area contributed by atoms with Crippen LogP contribution in [0, 0.1) is 5.92 Å². The average Bonchev–Trinajstić information content (AvgIpc) is 3.31. The molecule has 3 rings (SSSR count). The molecule has 1 aliphatic rings. The van der Waals surface area contributed by atoms with Gasteiger partial charge in [0.25, 0.3) is 8.32 Å². The normalized spacial score (nSPS) is 21.0. The molecule has 0 bridgehead atoms. The zero-order valence-corrected chi connectivity index (χ0v) is 15.0. The molecule has 2 aromatic carbocycles. The monoisotopic (exact) mass is 324 g/mol. The van der Waals surface area contributed by atoms with Crippen molar-refractivity contribution in [1.29, 1.82) is 0 Å². The minimum absolute atomic E-state index is 0.0221. The first-order valence-electron chi connectivity index (χ1n) is 8.23. The van der Waals surface area contributed by atoms with Crippen molar-refractivity contribution in [3.63, 3.8) is 0 Å². The van der Waals surface area contributed by atoms with E-state index in [0.29, 0.717) is 0 Å². The molecule has 2 atom stereocenters. The summed E-state index contributed by atoms with van der Waals surface area (Å²) in [5.74, 6) is 0.0663. The average molecular weight is 324 g/mol. The summed E-state index contributed by atoms with van der Waals surface area (Å²) in [6.07, 6.45) is 1.97. The van der Waals surface area contributed by atoms with E-state index < -0.39 is 8.32 Å². The molecule has 0 spiro atoms. The molecule has 0 saturated heterocycles. The SMILES string of the molecule is CC(C)(C)[Si](O[C@@H]1C[C@H]1C=O)(c1ccccc1)c1ccccc1. The molecule has 0 heterocycles. The zero-order chi connectivity index (χ0) is 16.5. The van der Waals surface area contributed by atoms with Gasteiger partial charge in [0.05, 0.1) is 6.10 Å². The first-order valence-corrected chi connectivity index (χ1v) is 10.1. The Bertz CT molecular complexity index is 622. The van der Waals surface area contributed by atoms with Crippen LogP contribution in [0.25, 0.3) is 0 Å². The van der Waals surface area contributed by atoms with Gasteiger partial charge >= 0.3 is 0 Å². The summed E-state index contributed by atoms with van der Waals surface area (Å²) in [5.41, 5.74) is 0. The van der Waals surface area contributed by atoms with E-state index in [0.717, 1.165) is 12.7 Å². The lowest BCUT2D eigenvalue weighted by Gasteiger charge is -2.43. The fraction of sp³-hybridized carbons (Fsp3) is 0.350. The topological polar surface area (TPSA) is 26.3 Å². The van der Waals surface area contributed by atoms with Crippen LogP contribution in [-0.4, -0.2) is 20.7 Å². The fourth-order valence-corrected chi connectivity index (χ4v) is 8.13. The summed E-state index contributed by atoms with van der Waals surface area (Å²) in [7, 11) is -2.47. The van der Waals surface area contributed by atoms with Gasteiger partial charge in [0, 0.05) is 5.92 Å². The Morgan fingerprint density at radius 2 is 1.43 bits per heavy atom. The van der Waals surface area contributed by atoms with E-state index in [2.05, 4.69) is 69.3 Å². The lowest BCUT2D eigenvalue weighted by Crippen LogP contribution is -2.67. The number of carbonyl (C=O) groups is 1. The second-order valence-electron chi connectivity index (χ2n) is 7.36. The van der Waals surface area contributed by atoms with Crippen LogP contribution in [0.4, 0.5) is 0 Å². The molecule has 1 saturated carbocycles. The lowest BCUT2D eigenvalue weighted by atomic mass is 10.2. The summed E-state index contributed by atoms with van der Waals surface area (Å²) in [5, 5.41) is 2.52. The third-order valence-corrected chi connectivity index (χ3v) is 9.76. The standard InChI is InChI=1S/C20H24O2Si/c1-20(2,3)23(17-10-6-4-7-11-17,18-12-8-5-9-13-18)22-19-14-16(19)15-21/h4-13,15-16,19H,14H2,1-3H3/t16-,19+/m0/s1. The highest BCUT2D eigenvalue weighted by Gasteiger charge is 2.55. The van der Waals surface area contributed by atoms with Gasteiger partial charge in [-0.1, -0.05) is 81.4 Å². The molecular weight excluding hydrogens is 300 g/mol. The van der Waals surface area contributed by atoms with Crippen LogP contribution in [0.3, 0.4) is 0 Å². The van der Waals surface area contributed by atoms with Crippen molar-refractivity contribution >= 4 is 25.0 Å². The number of hydrogen-bond donors (Lipinski definition) is 0. The molecule has 120 valence electrons. The predicted molar refractivity (Wildman–Crippen MR) is 96.7 cm³/mol. The van der Waals surface area contributed by atoms with Crippen molar-refractivity contribution in [3.05, 3.63) is 60.7 Å². The van der Waals surface area contributed by atoms with Crippen molar-refractivity contribution in [3.8, 4) is 0 Å². The third kappa shape index (κ3) is 2.91. The Kier molecular flexibility index (Phi) is 4.26. The van der Waals surface area contributed by atoms with Gasteiger partial charge in [0.2, 0.25) is 0 Å². The molecule has 0 aromatic heterocycles. The highest BCUT2D eigenvalue weighted by molar-refractivity contribution is 6.99. The van der Waals surface area contributed by atoms with E-state index >= 15 is 0 Å². The fourth-order valence-electron chi connectivity index (χ4n) is 3.39. The summed E-state index contributed by atoms with van der Waals surface area (Å²) in [6.45, 7) is 6.78. The van der Waals surface area contributed by atoms with E-state index in [1.807, 2.05) is 12.1 Å². The molecule has 1 aliphatic carbocycles. The lowest BCUT2D eigenvalue weighted by molar-refractivity contribution is -0.109. The number of rotatable bonds is 5. The van der Waals surface area contributed by atoms with Crippen molar-refractivity contribution in [2.75, 3.05) is 0 Å². The number of hydrogen-bond acceptors (Lipinski definition) is 2. The maximum Gasteiger partial charge on any atom is 0.261 e. The number of benzene rings is 2.